The highest BCUT2D eigenvalue weighted by Gasteiger charge is 2.17. The van der Waals surface area contributed by atoms with Crippen molar-refractivity contribution in [3.8, 4) is 0 Å². The highest BCUT2D eigenvalue weighted by Crippen LogP contribution is 2.16. The molecule has 0 bridgehead atoms. The molecule has 0 rings (SSSR count). The Kier molecular flexibility index (Phi) is 48.8. The minimum Gasteiger partial charge on any atom is -0.394 e. The van der Waals surface area contributed by atoms with Gasteiger partial charge in [-0.25, -0.2) is 0 Å². The third kappa shape index (κ3) is 47.0. The van der Waals surface area contributed by atoms with Gasteiger partial charge >= 0.3 is 0 Å². The van der Waals surface area contributed by atoms with Gasteiger partial charge in [0, 0.05) is 6.42 Å². The summed E-state index contributed by atoms with van der Waals surface area (Å²) in [5, 5.41) is 22.9. The van der Waals surface area contributed by atoms with Crippen LogP contribution in [-0.2, 0) is 4.79 Å². The van der Waals surface area contributed by atoms with E-state index in [1.54, 1.807) is 6.08 Å². The fourth-order valence-corrected chi connectivity index (χ4v) is 7.78. The Morgan fingerprint density at radius 2 is 0.763 bits per heavy atom. The Hall–Kier alpha value is -1.91. The van der Waals surface area contributed by atoms with Crippen molar-refractivity contribution in [1.29, 1.82) is 0 Å². The van der Waals surface area contributed by atoms with Gasteiger partial charge in [0.15, 0.2) is 0 Å². The summed E-state index contributed by atoms with van der Waals surface area (Å²) in [7, 11) is 0. The van der Waals surface area contributed by atoms with Gasteiger partial charge in [0.2, 0.25) is 5.91 Å². The molecule has 0 saturated carbocycles. The molecule has 4 nitrogen and oxygen atoms in total. The number of hydrogen-bond donors (Lipinski definition) is 3. The van der Waals surface area contributed by atoms with Crippen LogP contribution in [0, 0.1) is 0 Å². The zero-order valence-electron chi connectivity index (χ0n) is 39.5. The Morgan fingerprint density at radius 3 is 1.15 bits per heavy atom. The first-order valence-corrected chi connectivity index (χ1v) is 26.0. The maximum atomic E-state index is 12.4. The zero-order valence-corrected chi connectivity index (χ0v) is 39.5. The molecular weight excluding hydrogens is 723 g/mol. The predicted octanol–water partition coefficient (Wildman–Crippen LogP) is 16.9. The first kappa shape index (κ1) is 57.1. The van der Waals surface area contributed by atoms with Crippen LogP contribution in [0.2, 0.25) is 0 Å². The number of amides is 1. The topological polar surface area (TPSA) is 69.6 Å². The molecule has 0 aromatic heterocycles. The summed E-state index contributed by atoms with van der Waals surface area (Å²) < 4.78 is 0. The van der Waals surface area contributed by atoms with E-state index in [0.29, 0.717) is 6.42 Å². The predicted molar refractivity (Wildman–Crippen MR) is 262 cm³/mol. The number of aliphatic hydroxyl groups is 2. The lowest BCUT2D eigenvalue weighted by molar-refractivity contribution is -0.123. The van der Waals surface area contributed by atoms with E-state index in [-0.39, 0.29) is 12.5 Å². The monoisotopic (exact) mass is 824 g/mol. The normalized spacial score (nSPS) is 13.4. The fraction of sp³-hybridized carbons (Fsp3) is 0.800. The summed E-state index contributed by atoms with van der Waals surface area (Å²) in [5.74, 6) is -0.0799. The molecule has 3 N–H and O–H groups in total. The molecule has 4 heteroatoms. The van der Waals surface area contributed by atoms with Gasteiger partial charge in [-0.05, 0) is 70.6 Å². The van der Waals surface area contributed by atoms with Crippen molar-refractivity contribution >= 4 is 5.91 Å². The van der Waals surface area contributed by atoms with Crippen molar-refractivity contribution in [2.24, 2.45) is 0 Å². The number of allylic oxidation sites excluding steroid dienone is 9. The van der Waals surface area contributed by atoms with Gasteiger partial charge in [0.25, 0.3) is 0 Å². The van der Waals surface area contributed by atoms with E-state index in [2.05, 4.69) is 67.8 Å². The van der Waals surface area contributed by atoms with Gasteiger partial charge in [-0.2, -0.15) is 0 Å². The number of hydrogen-bond acceptors (Lipinski definition) is 3. The third-order valence-corrected chi connectivity index (χ3v) is 11.7. The molecule has 0 aromatic rings. The number of rotatable bonds is 47. The minimum atomic E-state index is -0.869. The van der Waals surface area contributed by atoms with E-state index in [0.717, 1.165) is 51.4 Å². The Balaban J connectivity index is 3.42. The molecule has 2 unspecified atom stereocenters. The second-order valence-electron chi connectivity index (χ2n) is 17.5. The Morgan fingerprint density at radius 1 is 0.424 bits per heavy atom. The van der Waals surface area contributed by atoms with Gasteiger partial charge in [0.05, 0.1) is 18.8 Å². The van der Waals surface area contributed by atoms with Crippen molar-refractivity contribution in [3.63, 3.8) is 0 Å². The number of nitrogens with one attached hydrogen (secondary N) is 1. The average Bonchev–Trinajstić information content (AvgIpc) is 3.24. The fourth-order valence-electron chi connectivity index (χ4n) is 7.78. The summed E-state index contributed by atoms with van der Waals surface area (Å²) in [6.45, 7) is 4.18. The maximum Gasteiger partial charge on any atom is 0.220 e. The summed E-state index contributed by atoms with van der Waals surface area (Å²) in [6, 6.07) is -0.644. The highest BCUT2D eigenvalue weighted by atomic mass is 16.3. The van der Waals surface area contributed by atoms with Gasteiger partial charge in [-0.3, -0.25) is 4.79 Å². The van der Waals surface area contributed by atoms with Crippen molar-refractivity contribution in [2.75, 3.05) is 6.61 Å². The summed E-state index contributed by atoms with van der Waals surface area (Å²) in [5.41, 5.74) is 0. The Labute approximate surface area is 368 Å². The number of aliphatic hydroxyl groups excluding tert-OH is 2. The van der Waals surface area contributed by atoms with Crippen LogP contribution in [0.5, 0.6) is 0 Å². The van der Waals surface area contributed by atoms with Crippen molar-refractivity contribution in [1.82, 2.24) is 5.32 Å². The van der Waals surface area contributed by atoms with Crippen molar-refractivity contribution in [3.05, 3.63) is 60.8 Å². The van der Waals surface area contributed by atoms with E-state index in [4.69, 9.17) is 0 Å². The number of carbonyl (C=O) groups excluding carboxylic acids is 1. The van der Waals surface area contributed by atoms with E-state index < -0.39 is 12.1 Å². The molecule has 0 aliphatic heterocycles. The maximum absolute atomic E-state index is 12.4. The van der Waals surface area contributed by atoms with Crippen LogP contribution in [0.3, 0.4) is 0 Å². The lowest BCUT2D eigenvalue weighted by Crippen LogP contribution is -2.45. The first-order valence-electron chi connectivity index (χ1n) is 26.0. The van der Waals surface area contributed by atoms with Crippen LogP contribution in [0.15, 0.2) is 60.8 Å². The molecule has 0 heterocycles. The molecule has 0 radical (unpaired) electrons. The van der Waals surface area contributed by atoms with E-state index in [9.17, 15) is 15.0 Å². The second kappa shape index (κ2) is 50.4. The molecular formula is C55H101NO3. The molecule has 0 aliphatic carbocycles. The summed E-state index contributed by atoms with van der Waals surface area (Å²) in [4.78, 5) is 12.4. The van der Waals surface area contributed by atoms with E-state index in [1.807, 2.05) is 6.08 Å². The first-order chi connectivity index (χ1) is 29.2. The van der Waals surface area contributed by atoms with E-state index >= 15 is 0 Å². The minimum absolute atomic E-state index is 0.0799. The average molecular weight is 824 g/mol. The molecule has 0 saturated heterocycles. The lowest BCUT2D eigenvalue weighted by Gasteiger charge is -2.19. The van der Waals surface area contributed by atoms with Crippen LogP contribution in [-0.4, -0.2) is 34.9 Å². The lowest BCUT2D eigenvalue weighted by atomic mass is 10.0. The molecule has 1 amide bonds. The molecule has 0 aromatic carbocycles. The second-order valence-corrected chi connectivity index (χ2v) is 17.5. The highest BCUT2D eigenvalue weighted by molar-refractivity contribution is 5.76. The smallest absolute Gasteiger partial charge is 0.220 e. The molecule has 0 spiro atoms. The quantitative estimate of drug-likeness (QED) is 0.0423. The largest absolute Gasteiger partial charge is 0.394 e. The zero-order chi connectivity index (χ0) is 42.8. The molecule has 344 valence electrons. The van der Waals surface area contributed by atoms with Crippen LogP contribution >= 0.6 is 0 Å². The number of unbranched alkanes of at least 4 members (excludes halogenated alkanes) is 32. The molecule has 2 atom stereocenters. The number of carbonyl (C=O) groups is 1. The summed E-state index contributed by atoms with van der Waals surface area (Å²) in [6.07, 6.45) is 71.1. The van der Waals surface area contributed by atoms with Gasteiger partial charge in [-0.15, -0.1) is 0 Å². The standard InChI is InChI=1S/C55H101NO3/c1-3-5-7-9-11-13-15-16-17-18-19-20-21-22-23-24-25-26-27-28-29-30-31-32-33-34-35-36-37-38-39-40-41-43-45-47-49-51-55(59)56-53(52-57)54(58)50-48-46-44-42-14-12-10-8-6-4-2/h6,8,14,23-24,26-27,42,48,50,53-54,57-58H,3-5,7,9-13,15-22,25,28-41,43-47,49,51-52H2,1-2H3,(H,56,59)/b8-6+,24-23-,27-26-,42-14+,50-48+. The van der Waals surface area contributed by atoms with Crippen LogP contribution < -0.4 is 5.32 Å². The molecule has 0 fully saturated rings. The Bertz CT molecular complexity index is 981. The van der Waals surface area contributed by atoms with Crippen LogP contribution in [0.1, 0.15) is 264 Å². The third-order valence-electron chi connectivity index (χ3n) is 11.7. The molecule has 0 aliphatic rings. The van der Waals surface area contributed by atoms with Gasteiger partial charge < -0.3 is 15.5 Å². The van der Waals surface area contributed by atoms with Gasteiger partial charge in [-0.1, -0.05) is 248 Å². The van der Waals surface area contributed by atoms with Crippen molar-refractivity contribution < 1.29 is 15.0 Å². The van der Waals surface area contributed by atoms with Crippen LogP contribution in [0.25, 0.3) is 0 Å². The molecule has 59 heavy (non-hydrogen) atoms. The van der Waals surface area contributed by atoms with Gasteiger partial charge in [0.1, 0.15) is 0 Å². The van der Waals surface area contributed by atoms with Crippen LogP contribution in [0.4, 0.5) is 0 Å². The van der Waals surface area contributed by atoms with E-state index in [1.165, 1.54) is 193 Å². The SMILES string of the molecule is CC/C=C/CC/C=C/CC/C=C/C(O)C(CO)NC(=O)CCCCCCCCCCCCCCCCCCC/C=C\C/C=C\CCCCCCCCCCCCCCC. The van der Waals surface area contributed by atoms with Crippen molar-refractivity contribution in [2.45, 2.75) is 276 Å². The summed E-state index contributed by atoms with van der Waals surface area (Å²) >= 11 is 0.